The molecule has 0 N–H and O–H groups in total. The fourth-order valence-corrected chi connectivity index (χ4v) is 9.45. The minimum Gasteiger partial charge on any atom is -0.236 e. The molecule has 43 heavy (non-hydrogen) atoms. The molecule has 0 fully saturated rings. The van der Waals surface area contributed by atoms with Crippen molar-refractivity contribution in [1.29, 1.82) is 0 Å². The number of fused-ring (bicyclic) bond motifs is 8. The lowest BCUT2D eigenvalue weighted by Gasteiger charge is -2.24. The fraction of sp³-hybridized carbons (Fsp3) is 0.179. The maximum Gasteiger partial charge on any atom is 0.124 e. The van der Waals surface area contributed by atoms with Crippen LogP contribution in [-0.4, -0.2) is 9.97 Å². The van der Waals surface area contributed by atoms with Gasteiger partial charge in [0.15, 0.2) is 0 Å². The minimum atomic E-state index is -0.106. The number of benzene rings is 5. The van der Waals surface area contributed by atoms with Crippen molar-refractivity contribution in [3.05, 3.63) is 119 Å². The smallest absolute Gasteiger partial charge is 0.124 e. The third-order valence-electron chi connectivity index (χ3n) is 9.85. The molecule has 2 aliphatic rings. The summed E-state index contributed by atoms with van der Waals surface area (Å²) in [7, 11) is 0. The van der Waals surface area contributed by atoms with Crippen LogP contribution in [0.15, 0.2) is 91.0 Å². The lowest BCUT2D eigenvalue weighted by Crippen LogP contribution is -2.17. The predicted octanol–water partition coefficient (Wildman–Crippen LogP) is 11.2. The number of thiazole rings is 2. The molecule has 0 bridgehead atoms. The molecule has 0 spiro atoms. The van der Waals surface area contributed by atoms with Gasteiger partial charge in [0.25, 0.3) is 0 Å². The maximum atomic E-state index is 5.00. The molecule has 208 valence electrons. The number of aryl methyl sites for hydroxylation is 1. The zero-order valence-electron chi connectivity index (χ0n) is 24.9. The summed E-state index contributed by atoms with van der Waals surface area (Å²) in [6.45, 7) is 11.8. The molecular weight excluding hydrogens is 561 g/mol. The summed E-state index contributed by atoms with van der Waals surface area (Å²) >= 11 is 3.56. The summed E-state index contributed by atoms with van der Waals surface area (Å²) in [4.78, 5) is 9.96. The van der Waals surface area contributed by atoms with E-state index in [0.29, 0.717) is 0 Å². The monoisotopic (exact) mass is 590 g/mol. The van der Waals surface area contributed by atoms with Gasteiger partial charge in [-0.25, -0.2) is 9.97 Å². The van der Waals surface area contributed by atoms with Crippen LogP contribution >= 0.6 is 22.7 Å². The molecule has 2 aromatic heterocycles. The fourth-order valence-electron chi connectivity index (χ4n) is 7.54. The van der Waals surface area contributed by atoms with Crippen molar-refractivity contribution in [1.82, 2.24) is 9.97 Å². The topological polar surface area (TPSA) is 25.8 Å². The molecule has 0 amide bonds. The van der Waals surface area contributed by atoms with Crippen LogP contribution in [0.25, 0.3) is 63.8 Å². The number of hydrogen-bond donors (Lipinski definition) is 0. The lowest BCUT2D eigenvalue weighted by molar-refractivity contribution is 0.652. The highest BCUT2D eigenvalue weighted by molar-refractivity contribution is 7.22. The molecule has 2 aliphatic carbocycles. The number of para-hydroxylation sites is 2. The summed E-state index contributed by atoms with van der Waals surface area (Å²) in [5, 5.41) is 2.19. The third kappa shape index (κ3) is 3.45. The summed E-state index contributed by atoms with van der Waals surface area (Å²) in [6, 6.07) is 33.6. The Bertz CT molecular complexity index is 2250. The van der Waals surface area contributed by atoms with Gasteiger partial charge in [-0.05, 0) is 112 Å². The van der Waals surface area contributed by atoms with E-state index in [1.165, 1.54) is 70.6 Å². The van der Waals surface area contributed by atoms with Crippen molar-refractivity contribution >= 4 is 43.1 Å². The van der Waals surface area contributed by atoms with Crippen LogP contribution in [0.4, 0.5) is 0 Å². The Morgan fingerprint density at radius 3 is 1.72 bits per heavy atom. The molecule has 4 heteroatoms. The van der Waals surface area contributed by atoms with Gasteiger partial charge < -0.3 is 0 Å². The summed E-state index contributed by atoms with van der Waals surface area (Å²) in [6.07, 6.45) is 0. The van der Waals surface area contributed by atoms with Crippen molar-refractivity contribution < 1.29 is 0 Å². The van der Waals surface area contributed by atoms with Crippen molar-refractivity contribution in [2.24, 2.45) is 0 Å². The van der Waals surface area contributed by atoms with Gasteiger partial charge in [-0.2, -0.15) is 0 Å². The first-order valence-corrected chi connectivity index (χ1v) is 16.5. The summed E-state index contributed by atoms with van der Waals surface area (Å²) < 4.78 is 2.47. The second-order valence-electron chi connectivity index (χ2n) is 13.1. The first-order valence-electron chi connectivity index (χ1n) is 14.9. The highest BCUT2D eigenvalue weighted by atomic mass is 32.1. The van der Waals surface area contributed by atoms with E-state index in [2.05, 4.69) is 126 Å². The van der Waals surface area contributed by atoms with Gasteiger partial charge in [-0.3, -0.25) is 0 Å². The molecule has 0 saturated carbocycles. The number of aromatic nitrogens is 2. The number of rotatable bonds is 2. The molecule has 9 rings (SSSR count). The van der Waals surface area contributed by atoms with Gasteiger partial charge in [-0.15, -0.1) is 22.7 Å². The molecule has 7 aromatic rings. The second-order valence-corrected chi connectivity index (χ2v) is 15.2. The summed E-state index contributed by atoms with van der Waals surface area (Å²) in [5.41, 5.74) is 16.8. The average molecular weight is 591 g/mol. The maximum absolute atomic E-state index is 5.00. The van der Waals surface area contributed by atoms with Crippen molar-refractivity contribution in [2.45, 2.75) is 45.4 Å². The Hall–Kier alpha value is -4.12. The highest BCUT2D eigenvalue weighted by Gasteiger charge is 2.42. The Labute approximate surface area is 259 Å². The van der Waals surface area contributed by atoms with Gasteiger partial charge in [0.1, 0.15) is 10.0 Å². The molecule has 0 unspecified atom stereocenters. The van der Waals surface area contributed by atoms with E-state index in [4.69, 9.17) is 9.97 Å². The van der Waals surface area contributed by atoms with Crippen molar-refractivity contribution in [3.63, 3.8) is 0 Å². The normalized spacial score (nSPS) is 15.5. The van der Waals surface area contributed by atoms with Crippen LogP contribution in [0.1, 0.15) is 55.5 Å². The van der Waals surface area contributed by atoms with E-state index in [1.807, 2.05) is 0 Å². The Morgan fingerprint density at radius 1 is 0.512 bits per heavy atom. The van der Waals surface area contributed by atoms with Gasteiger partial charge in [0.2, 0.25) is 0 Å². The molecule has 0 atom stereocenters. The number of hydrogen-bond acceptors (Lipinski definition) is 4. The molecule has 0 radical (unpaired) electrons. The van der Waals surface area contributed by atoms with E-state index >= 15 is 0 Å². The number of nitrogens with zero attached hydrogens (tertiary/aromatic N) is 2. The van der Waals surface area contributed by atoms with Gasteiger partial charge in [0, 0.05) is 22.0 Å². The first kappa shape index (κ1) is 25.4. The van der Waals surface area contributed by atoms with Crippen LogP contribution in [-0.2, 0) is 10.8 Å². The lowest BCUT2D eigenvalue weighted by atomic mass is 9.79. The van der Waals surface area contributed by atoms with E-state index in [0.717, 1.165) is 21.0 Å². The molecule has 0 saturated heterocycles. The van der Waals surface area contributed by atoms with Gasteiger partial charge in [-0.1, -0.05) is 64.1 Å². The molecule has 2 heterocycles. The van der Waals surface area contributed by atoms with Gasteiger partial charge >= 0.3 is 0 Å². The van der Waals surface area contributed by atoms with E-state index in [9.17, 15) is 0 Å². The minimum absolute atomic E-state index is 0.103. The molecule has 5 aromatic carbocycles. The Morgan fingerprint density at radius 2 is 1.05 bits per heavy atom. The van der Waals surface area contributed by atoms with E-state index < -0.39 is 0 Å². The van der Waals surface area contributed by atoms with Gasteiger partial charge in [0.05, 0.1) is 20.4 Å². The first-order chi connectivity index (χ1) is 20.7. The largest absolute Gasteiger partial charge is 0.236 e. The highest BCUT2D eigenvalue weighted by Crippen LogP contribution is 2.57. The molecule has 2 nitrogen and oxygen atoms in total. The zero-order chi connectivity index (χ0) is 29.2. The quantitative estimate of drug-likeness (QED) is 0.200. The second kappa shape index (κ2) is 8.49. The van der Waals surface area contributed by atoms with Crippen LogP contribution in [0, 0.1) is 6.92 Å². The van der Waals surface area contributed by atoms with Crippen LogP contribution in [0.3, 0.4) is 0 Å². The molecular formula is C39H30N2S2. The standard InChI is InChI=1S/C39H30N2S2/c1-21-16-23(37-41-32-11-7-9-13-34(32)43-37)18-30-35(21)26-20-28-25(19-29(26)39(30,4)5)24-15-14-22(17-27(24)38(28,2)3)36-40-31-10-6-8-12-33(31)42-36/h6-20H,1-5H3. The predicted molar refractivity (Wildman–Crippen MR) is 184 cm³/mol. The Balaban J connectivity index is 1.18. The Kier molecular flexibility index (Phi) is 5.01. The van der Waals surface area contributed by atoms with E-state index in [-0.39, 0.29) is 10.8 Å². The SMILES string of the molecule is Cc1cc(-c2nc3ccccc3s2)cc2c1-c1cc3c(cc1C2(C)C)-c1ccc(-c2nc4ccccc4s2)cc1C3(C)C. The zero-order valence-corrected chi connectivity index (χ0v) is 26.5. The van der Waals surface area contributed by atoms with E-state index in [1.54, 1.807) is 22.7 Å². The van der Waals surface area contributed by atoms with Crippen LogP contribution in [0.5, 0.6) is 0 Å². The third-order valence-corrected chi connectivity index (χ3v) is 12.0. The molecule has 0 aliphatic heterocycles. The van der Waals surface area contributed by atoms with Crippen molar-refractivity contribution in [3.8, 4) is 43.4 Å². The van der Waals surface area contributed by atoms with Crippen molar-refractivity contribution in [2.75, 3.05) is 0 Å². The van der Waals surface area contributed by atoms with Crippen LogP contribution < -0.4 is 0 Å². The van der Waals surface area contributed by atoms with Crippen LogP contribution in [0.2, 0.25) is 0 Å². The summed E-state index contributed by atoms with van der Waals surface area (Å²) in [5.74, 6) is 0. The average Bonchev–Trinajstić information content (AvgIpc) is 3.73.